The predicted octanol–water partition coefficient (Wildman–Crippen LogP) is 1.93. The molecule has 1 fully saturated rings. The van der Waals surface area contributed by atoms with Gasteiger partial charge in [-0.2, -0.15) is 0 Å². The van der Waals surface area contributed by atoms with Gasteiger partial charge < -0.3 is 14.9 Å². The summed E-state index contributed by atoms with van der Waals surface area (Å²) in [4.78, 5) is 15.7. The Morgan fingerprint density at radius 1 is 1.32 bits per heavy atom. The Labute approximate surface area is 113 Å². The van der Waals surface area contributed by atoms with E-state index in [9.17, 15) is 9.90 Å². The summed E-state index contributed by atoms with van der Waals surface area (Å²) in [6.45, 7) is 5.56. The first-order chi connectivity index (χ1) is 8.99. The van der Waals surface area contributed by atoms with Gasteiger partial charge in [-0.25, -0.2) is 0 Å². The second kappa shape index (κ2) is 4.23. The lowest BCUT2D eigenvalue weighted by Crippen LogP contribution is -2.27. The Morgan fingerprint density at radius 2 is 2.05 bits per heavy atom. The number of anilines is 2. The van der Waals surface area contributed by atoms with E-state index >= 15 is 0 Å². The van der Waals surface area contributed by atoms with Crippen LogP contribution in [0.5, 0.6) is 0 Å². The minimum Gasteiger partial charge on any atom is -0.378 e. The van der Waals surface area contributed by atoms with Crippen LogP contribution in [-0.2, 0) is 4.79 Å². The van der Waals surface area contributed by atoms with E-state index in [0.29, 0.717) is 12.0 Å². The quantitative estimate of drug-likeness (QED) is 0.839. The Bertz CT molecular complexity index is 529. The molecule has 4 nitrogen and oxygen atoms in total. The number of benzene rings is 1. The van der Waals surface area contributed by atoms with Crippen molar-refractivity contribution in [2.24, 2.45) is 5.92 Å². The van der Waals surface area contributed by atoms with Crippen molar-refractivity contribution in [3.63, 3.8) is 0 Å². The molecule has 0 aromatic heterocycles. The lowest BCUT2D eigenvalue weighted by Gasteiger charge is -2.25. The summed E-state index contributed by atoms with van der Waals surface area (Å²) in [6, 6.07) is 6.45. The van der Waals surface area contributed by atoms with Crippen molar-refractivity contribution in [1.82, 2.24) is 0 Å². The maximum absolute atomic E-state index is 11.8. The molecule has 19 heavy (non-hydrogen) atoms. The molecule has 0 radical (unpaired) electrons. The maximum Gasteiger partial charge on any atom is 0.260 e. The smallest absolute Gasteiger partial charge is 0.260 e. The van der Waals surface area contributed by atoms with E-state index < -0.39 is 6.10 Å². The lowest BCUT2D eigenvalue weighted by molar-refractivity contribution is -0.125. The fourth-order valence-corrected chi connectivity index (χ4v) is 3.33. The molecule has 1 aromatic carbocycles. The number of carbonyl (C=O) groups is 1. The maximum atomic E-state index is 11.8. The van der Waals surface area contributed by atoms with Crippen LogP contribution < -0.4 is 9.80 Å². The number of carbonyl (C=O) groups excluding carboxylic acids is 1. The molecule has 3 unspecified atom stereocenters. The van der Waals surface area contributed by atoms with Crippen LogP contribution in [-0.4, -0.2) is 30.6 Å². The Kier molecular flexibility index (Phi) is 2.78. The topological polar surface area (TPSA) is 43.8 Å². The van der Waals surface area contributed by atoms with Gasteiger partial charge in [0, 0.05) is 30.9 Å². The zero-order valence-electron chi connectivity index (χ0n) is 11.6. The molecule has 2 aliphatic heterocycles. The second-order valence-electron chi connectivity index (χ2n) is 5.89. The minimum atomic E-state index is -0.996. The average Bonchev–Trinajstić information content (AvgIpc) is 2.83. The van der Waals surface area contributed by atoms with Gasteiger partial charge in [-0.3, -0.25) is 4.79 Å². The molecule has 2 heterocycles. The number of aliphatic hydroxyl groups excluding tert-OH is 1. The normalized spacial score (nSPS) is 30.1. The highest BCUT2D eigenvalue weighted by Gasteiger charge is 2.35. The zero-order valence-corrected chi connectivity index (χ0v) is 11.6. The number of likely N-dealkylation sites (N-methyl/N-ethyl adjacent to an activating group) is 1. The van der Waals surface area contributed by atoms with Crippen LogP contribution in [0.3, 0.4) is 0 Å². The van der Waals surface area contributed by atoms with Gasteiger partial charge in [0.05, 0.1) is 5.69 Å². The van der Waals surface area contributed by atoms with E-state index in [0.717, 1.165) is 23.5 Å². The molecule has 0 bridgehead atoms. The summed E-state index contributed by atoms with van der Waals surface area (Å²) < 4.78 is 0. The Hall–Kier alpha value is -1.55. The number of rotatable bonds is 1. The first-order valence-electron chi connectivity index (χ1n) is 6.85. The molecule has 4 heteroatoms. The molecule has 1 aromatic rings. The van der Waals surface area contributed by atoms with Crippen molar-refractivity contribution in [2.75, 3.05) is 23.4 Å². The largest absolute Gasteiger partial charge is 0.378 e. The van der Waals surface area contributed by atoms with Crippen LogP contribution >= 0.6 is 0 Å². The molecule has 0 aliphatic carbocycles. The Morgan fingerprint density at radius 3 is 2.68 bits per heavy atom. The summed E-state index contributed by atoms with van der Waals surface area (Å²) in [5.41, 5.74) is 2.70. The van der Waals surface area contributed by atoms with Gasteiger partial charge in [-0.15, -0.1) is 0 Å². The third-order valence-corrected chi connectivity index (χ3v) is 4.35. The molecule has 2 aliphatic rings. The van der Waals surface area contributed by atoms with E-state index in [1.165, 1.54) is 6.42 Å². The van der Waals surface area contributed by atoms with Gasteiger partial charge in [-0.05, 0) is 31.4 Å². The standard InChI is InChI=1S/C15H20N2O2/c1-9-6-10(2)17(8-9)11-4-5-12-13(7-11)16(3)15(19)14(12)18/h4-5,7,9-10,14,18H,6,8H2,1-3H3. The molecule has 3 atom stereocenters. The zero-order chi connectivity index (χ0) is 13.7. The fourth-order valence-electron chi connectivity index (χ4n) is 3.33. The van der Waals surface area contributed by atoms with Crippen LogP contribution in [0.4, 0.5) is 11.4 Å². The lowest BCUT2D eigenvalue weighted by atomic mass is 10.1. The van der Waals surface area contributed by atoms with Crippen LogP contribution in [0, 0.1) is 5.92 Å². The molecule has 0 spiro atoms. The van der Waals surface area contributed by atoms with E-state index in [4.69, 9.17) is 0 Å². The van der Waals surface area contributed by atoms with E-state index in [-0.39, 0.29) is 5.91 Å². The number of nitrogens with zero attached hydrogens (tertiary/aromatic N) is 2. The minimum absolute atomic E-state index is 0.241. The van der Waals surface area contributed by atoms with Gasteiger partial charge in [0.25, 0.3) is 5.91 Å². The van der Waals surface area contributed by atoms with E-state index in [1.807, 2.05) is 18.2 Å². The van der Waals surface area contributed by atoms with Gasteiger partial charge in [0.15, 0.2) is 6.10 Å². The molecular weight excluding hydrogens is 240 g/mol. The predicted molar refractivity (Wildman–Crippen MR) is 75.4 cm³/mol. The van der Waals surface area contributed by atoms with Gasteiger partial charge in [0.2, 0.25) is 0 Å². The van der Waals surface area contributed by atoms with Gasteiger partial charge in [-0.1, -0.05) is 13.0 Å². The van der Waals surface area contributed by atoms with E-state index in [2.05, 4.69) is 18.7 Å². The van der Waals surface area contributed by atoms with Gasteiger partial charge in [0.1, 0.15) is 0 Å². The fraction of sp³-hybridized carbons (Fsp3) is 0.533. The molecule has 102 valence electrons. The molecule has 1 N–H and O–H groups in total. The third-order valence-electron chi connectivity index (χ3n) is 4.35. The second-order valence-corrected chi connectivity index (χ2v) is 5.89. The van der Waals surface area contributed by atoms with Crippen molar-refractivity contribution in [3.05, 3.63) is 23.8 Å². The highest BCUT2D eigenvalue weighted by Crippen LogP contribution is 2.39. The van der Waals surface area contributed by atoms with E-state index in [1.54, 1.807) is 11.9 Å². The summed E-state index contributed by atoms with van der Waals surface area (Å²) in [6.07, 6.45) is 0.207. The van der Waals surface area contributed by atoms with Crippen molar-refractivity contribution in [1.29, 1.82) is 0 Å². The van der Waals surface area contributed by atoms with Crippen molar-refractivity contribution < 1.29 is 9.90 Å². The SMILES string of the molecule is CC1CC(C)N(c2ccc3c(c2)N(C)C(=O)C3O)C1. The van der Waals surface area contributed by atoms with Crippen LogP contribution in [0.15, 0.2) is 18.2 Å². The van der Waals surface area contributed by atoms with Crippen LogP contribution in [0.2, 0.25) is 0 Å². The molecule has 1 saturated heterocycles. The first-order valence-corrected chi connectivity index (χ1v) is 6.85. The highest BCUT2D eigenvalue weighted by atomic mass is 16.3. The number of aliphatic hydroxyl groups is 1. The highest BCUT2D eigenvalue weighted by molar-refractivity contribution is 6.03. The van der Waals surface area contributed by atoms with Crippen molar-refractivity contribution >= 4 is 17.3 Å². The number of hydrogen-bond donors (Lipinski definition) is 1. The van der Waals surface area contributed by atoms with Crippen LogP contribution in [0.1, 0.15) is 31.9 Å². The van der Waals surface area contributed by atoms with Gasteiger partial charge >= 0.3 is 0 Å². The summed E-state index contributed by atoms with van der Waals surface area (Å²) in [5, 5.41) is 9.87. The van der Waals surface area contributed by atoms with Crippen LogP contribution in [0.25, 0.3) is 0 Å². The molecule has 1 amide bonds. The Balaban J connectivity index is 1.97. The van der Waals surface area contributed by atoms with Crippen molar-refractivity contribution in [3.8, 4) is 0 Å². The molecule has 3 rings (SSSR count). The summed E-state index contributed by atoms with van der Waals surface area (Å²) in [7, 11) is 1.72. The number of fused-ring (bicyclic) bond motifs is 1. The average molecular weight is 260 g/mol. The number of amides is 1. The summed E-state index contributed by atoms with van der Waals surface area (Å²) >= 11 is 0. The van der Waals surface area contributed by atoms with Crippen molar-refractivity contribution in [2.45, 2.75) is 32.4 Å². The molecule has 0 saturated carbocycles. The third kappa shape index (κ3) is 1.82. The first kappa shape index (κ1) is 12.5. The number of hydrogen-bond acceptors (Lipinski definition) is 3. The monoisotopic (exact) mass is 260 g/mol. The summed E-state index contributed by atoms with van der Waals surface area (Å²) in [5.74, 6) is 0.461. The molecular formula is C15H20N2O2.